The molecule has 0 unspecified atom stereocenters. The van der Waals surface area contributed by atoms with E-state index in [0.717, 1.165) is 5.56 Å². The smallest absolute Gasteiger partial charge is 0.257 e. The summed E-state index contributed by atoms with van der Waals surface area (Å²) in [6.07, 6.45) is 0.0551. The van der Waals surface area contributed by atoms with Gasteiger partial charge in [0.2, 0.25) is 11.7 Å². The average molecular weight is 393 g/mol. The van der Waals surface area contributed by atoms with E-state index in [1.165, 1.54) is 14.2 Å². The monoisotopic (exact) mass is 393 g/mol. The highest BCUT2D eigenvalue weighted by Crippen LogP contribution is 2.42. The number of methoxy groups -OCH3 is 2. The van der Waals surface area contributed by atoms with Crippen molar-refractivity contribution < 1.29 is 19.4 Å². The maximum atomic E-state index is 13.0. The van der Waals surface area contributed by atoms with Gasteiger partial charge in [0, 0.05) is 17.9 Å². The number of carbonyl (C=O) groups is 1. The van der Waals surface area contributed by atoms with Crippen molar-refractivity contribution >= 4 is 11.7 Å². The van der Waals surface area contributed by atoms with Gasteiger partial charge in [0.1, 0.15) is 11.6 Å². The van der Waals surface area contributed by atoms with Crippen molar-refractivity contribution in [2.24, 2.45) is 0 Å². The second kappa shape index (κ2) is 7.31. The number of anilines is 1. The van der Waals surface area contributed by atoms with Crippen LogP contribution in [0, 0.1) is 0 Å². The zero-order chi connectivity index (χ0) is 20.5. The largest absolute Gasteiger partial charge is 0.502 e. The molecule has 29 heavy (non-hydrogen) atoms. The molecule has 0 saturated heterocycles. The summed E-state index contributed by atoms with van der Waals surface area (Å²) in [6.45, 7) is 0. The molecule has 2 heterocycles. The lowest BCUT2D eigenvalue weighted by Crippen LogP contribution is -2.31. The van der Waals surface area contributed by atoms with Gasteiger partial charge in [-0.25, -0.2) is 4.98 Å². The van der Waals surface area contributed by atoms with E-state index in [4.69, 9.17) is 9.47 Å². The number of phenols is 1. The minimum Gasteiger partial charge on any atom is -0.502 e. The Morgan fingerprint density at radius 3 is 2.34 bits per heavy atom. The van der Waals surface area contributed by atoms with Crippen LogP contribution in [0.25, 0.3) is 11.4 Å². The number of benzene rings is 2. The second-order valence-electron chi connectivity index (χ2n) is 6.62. The zero-order valence-corrected chi connectivity index (χ0v) is 15.9. The molecule has 0 saturated carbocycles. The van der Waals surface area contributed by atoms with Crippen LogP contribution >= 0.6 is 0 Å². The van der Waals surface area contributed by atoms with E-state index < -0.39 is 5.92 Å². The zero-order valence-electron chi connectivity index (χ0n) is 15.9. The molecule has 0 aliphatic carbocycles. The Labute approximate surface area is 166 Å². The van der Waals surface area contributed by atoms with Crippen molar-refractivity contribution in [2.45, 2.75) is 12.3 Å². The number of amides is 1. The van der Waals surface area contributed by atoms with E-state index in [1.807, 2.05) is 30.3 Å². The first kappa shape index (κ1) is 18.5. The van der Waals surface area contributed by atoms with Crippen LogP contribution in [0.2, 0.25) is 0 Å². The fourth-order valence-corrected chi connectivity index (χ4v) is 3.50. The van der Waals surface area contributed by atoms with Crippen LogP contribution in [0.3, 0.4) is 0 Å². The van der Waals surface area contributed by atoms with Crippen molar-refractivity contribution in [1.29, 1.82) is 0 Å². The summed E-state index contributed by atoms with van der Waals surface area (Å²) in [6, 6.07) is 12.4. The lowest BCUT2D eigenvalue weighted by molar-refractivity contribution is -0.116. The van der Waals surface area contributed by atoms with Gasteiger partial charge < -0.3 is 24.9 Å². The molecule has 3 aromatic rings. The van der Waals surface area contributed by atoms with Gasteiger partial charge in [0.25, 0.3) is 5.56 Å². The van der Waals surface area contributed by atoms with Crippen molar-refractivity contribution in [3.8, 4) is 28.6 Å². The number of rotatable bonds is 4. The first-order valence-corrected chi connectivity index (χ1v) is 8.96. The van der Waals surface area contributed by atoms with E-state index in [1.54, 1.807) is 12.1 Å². The number of phenolic OH excluding ortho intramolecular Hbond substituents is 1. The van der Waals surface area contributed by atoms with Gasteiger partial charge in [-0.15, -0.1) is 0 Å². The molecule has 0 spiro atoms. The third-order valence-electron chi connectivity index (χ3n) is 4.90. The van der Waals surface area contributed by atoms with Crippen LogP contribution < -0.4 is 20.3 Å². The molecule has 8 nitrogen and oxygen atoms in total. The average Bonchev–Trinajstić information content (AvgIpc) is 2.73. The minimum atomic E-state index is -0.566. The fourth-order valence-electron chi connectivity index (χ4n) is 3.50. The lowest BCUT2D eigenvalue weighted by Gasteiger charge is -2.25. The summed E-state index contributed by atoms with van der Waals surface area (Å²) < 4.78 is 10.4. The molecule has 1 aliphatic heterocycles. The number of hydrogen-bond donors (Lipinski definition) is 3. The van der Waals surface area contributed by atoms with Crippen LogP contribution in [0.15, 0.2) is 47.3 Å². The van der Waals surface area contributed by atoms with Gasteiger partial charge in [-0.2, -0.15) is 0 Å². The van der Waals surface area contributed by atoms with E-state index in [2.05, 4.69) is 15.3 Å². The van der Waals surface area contributed by atoms with Crippen molar-refractivity contribution in [3.05, 3.63) is 63.9 Å². The highest BCUT2D eigenvalue weighted by molar-refractivity contribution is 5.94. The highest BCUT2D eigenvalue weighted by Gasteiger charge is 2.32. The molecule has 0 radical (unpaired) electrons. The third-order valence-corrected chi connectivity index (χ3v) is 4.90. The Bertz CT molecular complexity index is 1120. The molecule has 0 bridgehead atoms. The Morgan fingerprint density at radius 2 is 1.72 bits per heavy atom. The number of nitrogens with one attached hydrogen (secondary N) is 2. The number of hydrogen-bond acceptors (Lipinski definition) is 6. The van der Waals surface area contributed by atoms with Gasteiger partial charge >= 0.3 is 0 Å². The molecule has 1 amide bonds. The maximum absolute atomic E-state index is 13.0. The molecular formula is C21H19N3O5. The van der Waals surface area contributed by atoms with Crippen molar-refractivity contribution in [3.63, 3.8) is 0 Å². The van der Waals surface area contributed by atoms with Crippen LogP contribution in [0.5, 0.6) is 17.2 Å². The minimum absolute atomic E-state index is 0.0551. The Kier molecular flexibility index (Phi) is 4.67. The van der Waals surface area contributed by atoms with E-state index in [9.17, 15) is 14.7 Å². The van der Waals surface area contributed by atoms with Crippen LogP contribution in [-0.4, -0.2) is 35.2 Å². The third kappa shape index (κ3) is 3.29. The quantitative estimate of drug-likeness (QED) is 0.628. The molecule has 1 aromatic heterocycles. The van der Waals surface area contributed by atoms with Crippen LogP contribution in [0.4, 0.5) is 5.82 Å². The fraction of sp³-hybridized carbons (Fsp3) is 0.190. The molecule has 1 atom stereocenters. The Morgan fingerprint density at radius 1 is 1.07 bits per heavy atom. The van der Waals surface area contributed by atoms with Gasteiger partial charge in [-0.3, -0.25) is 9.59 Å². The van der Waals surface area contributed by atoms with E-state index in [0.29, 0.717) is 17.0 Å². The summed E-state index contributed by atoms with van der Waals surface area (Å²) in [7, 11) is 2.83. The van der Waals surface area contributed by atoms with E-state index >= 15 is 0 Å². The molecule has 148 valence electrons. The van der Waals surface area contributed by atoms with Crippen LogP contribution in [-0.2, 0) is 4.79 Å². The summed E-state index contributed by atoms with van der Waals surface area (Å²) in [4.78, 5) is 32.6. The molecule has 8 heteroatoms. The molecular weight excluding hydrogens is 374 g/mol. The molecule has 2 aromatic carbocycles. The number of carbonyl (C=O) groups excluding carboxylic acids is 1. The summed E-state index contributed by atoms with van der Waals surface area (Å²) in [5.74, 6) is 0.00455. The van der Waals surface area contributed by atoms with Crippen LogP contribution in [0.1, 0.15) is 23.5 Å². The molecule has 4 rings (SSSR count). The standard InChI is InChI=1S/C21H19N3O5/c1-28-14-8-12(9-15(29-2)18(14)26)13-10-16(25)22-20-17(13)21(27)24-19(23-20)11-6-4-3-5-7-11/h3-9,13,26H,10H2,1-2H3,(H2,22,23,24,25,27)/t13-/m0/s1. The summed E-state index contributed by atoms with van der Waals surface area (Å²) >= 11 is 0. The SMILES string of the molecule is COc1cc([C@@H]2CC(=O)Nc3nc(-c4ccccc4)[nH]c(=O)c32)cc(OC)c1O. The first-order valence-electron chi connectivity index (χ1n) is 8.96. The molecule has 0 fully saturated rings. The summed E-state index contributed by atoms with van der Waals surface area (Å²) in [5, 5.41) is 12.9. The number of aromatic nitrogens is 2. The second-order valence-corrected chi connectivity index (χ2v) is 6.62. The predicted molar refractivity (Wildman–Crippen MR) is 107 cm³/mol. The number of nitrogens with zero attached hydrogens (tertiary/aromatic N) is 1. The highest BCUT2D eigenvalue weighted by atomic mass is 16.5. The predicted octanol–water partition coefficient (Wildman–Crippen LogP) is 2.63. The van der Waals surface area contributed by atoms with E-state index in [-0.39, 0.29) is 41.0 Å². The lowest BCUT2D eigenvalue weighted by atomic mass is 9.86. The van der Waals surface area contributed by atoms with Gasteiger partial charge in [0.05, 0.1) is 19.8 Å². The number of ether oxygens (including phenoxy) is 2. The van der Waals surface area contributed by atoms with Crippen molar-refractivity contribution in [2.75, 3.05) is 19.5 Å². The topological polar surface area (TPSA) is 114 Å². The Hall–Kier alpha value is -3.81. The molecule has 3 N–H and O–H groups in total. The van der Waals surface area contributed by atoms with Gasteiger partial charge in [-0.05, 0) is 17.7 Å². The number of H-pyrrole nitrogens is 1. The Balaban J connectivity index is 1.88. The van der Waals surface area contributed by atoms with Crippen molar-refractivity contribution in [1.82, 2.24) is 9.97 Å². The molecule has 1 aliphatic rings. The van der Waals surface area contributed by atoms with Gasteiger partial charge in [0.15, 0.2) is 11.5 Å². The number of aromatic amines is 1. The maximum Gasteiger partial charge on any atom is 0.257 e. The first-order chi connectivity index (χ1) is 14.0. The van der Waals surface area contributed by atoms with Gasteiger partial charge in [-0.1, -0.05) is 30.3 Å². The number of aromatic hydroxyl groups is 1. The number of fused-ring (bicyclic) bond motifs is 1. The summed E-state index contributed by atoms with van der Waals surface area (Å²) in [5.41, 5.74) is 1.34. The normalized spacial score (nSPS) is 15.4.